The first-order valence-corrected chi connectivity index (χ1v) is 7.28. The van der Waals surface area contributed by atoms with Crippen LogP contribution in [0.5, 0.6) is 0 Å². The molecular weight excluding hydrogens is 272 g/mol. The van der Waals surface area contributed by atoms with Gasteiger partial charge in [-0.25, -0.2) is 4.79 Å². The normalized spacial score (nSPS) is 17.5. The van der Waals surface area contributed by atoms with Crippen LogP contribution in [0.4, 0.5) is 4.79 Å². The molecule has 2 heterocycles. The first kappa shape index (κ1) is 15.8. The van der Waals surface area contributed by atoms with E-state index in [1.54, 1.807) is 11.9 Å². The van der Waals surface area contributed by atoms with Crippen LogP contribution in [-0.4, -0.2) is 66.9 Å². The molecule has 0 aromatic carbocycles. The monoisotopic (exact) mass is 296 g/mol. The molecule has 1 aliphatic heterocycles. The molecule has 0 radical (unpaired) electrons. The molecule has 7 nitrogen and oxygen atoms in total. The second-order valence-corrected chi connectivity index (χ2v) is 5.55. The standard InChI is InChI=1S/C14H24N4O3/c1-11(9-18-4-6-20-7-5-18)15-14(19)17(3)10-13-8-12(2)21-16-13/h8,11H,4-7,9-10H2,1-3H3,(H,15,19)/t11-/m1/s1. The number of carbonyl (C=O) groups excluding carboxylic acids is 1. The van der Waals surface area contributed by atoms with Crippen molar-refractivity contribution in [2.24, 2.45) is 0 Å². The van der Waals surface area contributed by atoms with Gasteiger partial charge in [0.05, 0.1) is 19.8 Å². The van der Waals surface area contributed by atoms with E-state index in [1.807, 2.05) is 19.9 Å². The average Bonchev–Trinajstić information content (AvgIpc) is 2.85. The van der Waals surface area contributed by atoms with E-state index in [-0.39, 0.29) is 12.1 Å². The van der Waals surface area contributed by atoms with Gasteiger partial charge in [-0.05, 0) is 13.8 Å². The molecule has 2 rings (SSSR count). The third kappa shape index (κ3) is 5.02. The number of ether oxygens (including phenoxy) is 1. The summed E-state index contributed by atoms with van der Waals surface area (Å²) >= 11 is 0. The van der Waals surface area contributed by atoms with Crippen molar-refractivity contribution in [2.75, 3.05) is 39.9 Å². The van der Waals surface area contributed by atoms with E-state index in [0.717, 1.165) is 44.3 Å². The number of aromatic nitrogens is 1. The fourth-order valence-corrected chi connectivity index (χ4v) is 2.34. The van der Waals surface area contributed by atoms with Crippen LogP contribution < -0.4 is 5.32 Å². The highest BCUT2D eigenvalue weighted by atomic mass is 16.5. The van der Waals surface area contributed by atoms with E-state index in [2.05, 4.69) is 15.4 Å². The molecule has 1 atom stereocenters. The lowest BCUT2D eigenvalue weighted by molar-refractivity contribution is 0.0347. The molecule has 1 aromatic heterocycles. The lowest BCUT2D eigenvalue weighted by Crippen LogP contribution is -2.48. The minimum Gasteiger partial charge on any atom is -0.379 e. The second kappa shape index (κ2) is 7.42. The smallest absolute Gasteiger partial charge is 0.317 e. The molecule has 2 amide bonds. The van der Waals surface area contributed by atoms with E-state index < -0.39 is 0 Å². The number of hydrogen-bond donors (Lipinski definition) is 1. The number of carbonyl (C=O) groups is 1. The Balaban J connectivity index is 1.74. The van der Waals surface area contributed by atoms with Gasteiger partial charge in [0.25, 0.3) is 0 Å². The Hall–Kier alpha value is -1.60. The van der Waals surface area contributed by atoms with Gasteiger partial charge in [-0.15, -0.1) is 0 Å². The first-order valence-electron chi connectivity index (χ1n) is 7.28. The van der Waals surface area contributed by atoms with E-state index >= 15 is 0 Å². The molecule has 0 spiro atoms. The molecule has 21 heavy (non-hydrogen) atoms. The summed E-state index contributed by atoms with van der Waals surface area (Å²) in [6.07, 6.45) is 0. The van der Waals surface area contributed by atoms with E-state index in [0.29, 0.717) is 6.54 Å². The summed E-state index contributed by atoms with van der Waals surface area (Å²) in [5, 5.41) is 6.89. The Labute approximate surface area is 125 Å². The molecule has 7 heteroatoms. The number of aryl methyl sites for hydroxylation is 1. The number of morpholine rings is 1. The lowest BCUT2D eigenvalue weighted by Gasteiger charge is -2.30. The summed E-state index contributed by atoms with van der Waals surface area (Å²) in [5.74, 6) is 0.750. The SMILES string of the molecule is Cc1cc(CN(C)C(=O)N[C@H](C)CN2CCOCC2)no1. The number of nitrogens with one attached hydrogen (secondary N) is 1. The summed E-state index contributed by atoms with van der Waals surface area (Å²) in [6, 6.07) is 1.83. The zero-order valence-electron chi connectivity index (χ0n) is 13.0. The van der Waals surface area contributed by atoms with Crippen LogP contribution >= 0.6 is 0 Å². The minimum atomic E-state index is -0.101. The van der Waals surface area contributed by atoms with Gasteiger partial charge in [-0.2, -0.15) is 0 Å². The van der Waals surface area contributed by atoms with Crippen molar-refractivity contribution in [3.8, 4) is 0 Å². The molecule has 0 unspecified atom stereocenters. The van der Waals surface area contributed by atoms with Gasteiger partial charge < -0.3 is 19.5 Å². The van der Waals surface area contributed by atoms with Crippen LogP contribution in [0.3, 0.4) is 0 Å². The summed E-state index contributed by atoms with van der Waals surface area (Å²) in [4.78, 5) is 16.0. The lowest BCUT2D eigenvalue weighted by atomic mass is 10.3. The molecule has 0 bridgehead atoms. The quantitative estimate of drug-likeness (QED) is 0.872. The van der Waals surface area contributed by atoms with Crippen LogP contribution in [0.25, 0.3) is 0 Å². The Kier molecular flexibility index (Phi) is 5.58. The molecule has 1 fully saturated rings. The van der Waals surface area contributed by atoms with Crippen molar-refractivity contribution in [2.45, 2.75) is 26.4 Å². The highest BCUT2D eigenvalue weighted by Crippen LogP contribution is 2.05. The number of nitrogens with zero attached hydrogens (tertiary/aromatic N) is 3. The average molecular weight is 296 g/mol. The van der Waals surface area contributed by atoms with Crippen LogP contribution in [-0.2, 0) is 11.3 Å². The largest absolute Gasteiger partial charge is 0.379 e. The van der Waals surface area contributed by atoms with Crippen LogP contribution in [0, 0.1) is 6.92 Å². The van der Waals surface area contributed by atoms with Crippen molar-refractivity contribution in [1.29, 1.82) is 0 Å². The second-order valence-electron chi connectivity index (χ2n) is 5.55. The Bertz CT molecular complexity index is 457. The fraction of sp³-hybridized carbons (Fsp3) is 0.714. The van der Waals surface area contributed by atoms with Crippen molar-refractivity contribution in [3.63, 3.8) is 0 Å². The molecule has 1 saturated heterocycles. The predicted octanol–water partition coefficient (Wildman–Crippen LogP) is 0.845. The Morgan fingerprint density at radius 2 is 2.24 bits per heavy atom. The van der Waals surface area contributed by atoms with E-state index in [1.165, 1.54) is 0 Å². The van der Waals surface area contributed by atoms with E-state index in [9.17, 15) is 4.79 Å². The molecular formula is C14H24N4O3. The van der Waals surface area contributed by atoms with Gasteiger partial charge in [0.2, 0.25) is 0 Å². The Morgan fingerprint density at radius 1 is 1.52 bits per heavy atom. The third-order valence-corrected chi connectivity index (χ3v) is 3.43. The molecule has 1 aliphatic rings. The minimum absolute atomic E-state index is 0.0945. The highest BCUT2D eigenvalue weighted by Gasteiger charge is 2.17. The zero-order valence-corrected chi connectivity index (χ0v) is 13.0. The number of hydrogen-bond acceptors (Lipinski definition) is 5. The maximum absolute atomic E-state index is 12.1. The van der Waals surface area contributed by atoms with Gasteiger partial charge >= 0.3 is 6.03 Å². The van der Waals surface area contributed by atoms with Crippen molar-refractivity contribution >= 4 is 6.03 Å². The fourth-order valence-electron chi connectivity index (χ4n) is 2.34. The number of amides is 2. The van der Waals surface area contributed by atoms with Crippen molar-refractivity contribution < 1.29 is 14.1 Å². The van der Waals surface area contributed by atoms with Gasteiger partial charge in [0, 0.05) is 38.8 Å². The van der Waals surface area contributed by atoms with Crippen LogP contribution in [0.15, 0.2) is 10.6 Å². The van der Waals surface area contributed by atoms with Crippen LogP contribution in [0.2, 0.25) is 0 Å². The van der Waals surface area contributed by atoms with Gasteiger partial charge in [0.1, 0.15) is 11.5 Å². The molecule has 0 saturated carbocycles. The molecule has 1 N–H and O–H groups in total. The first-order chi connectivity index (χ1) is 10.0. The molecule has 1 aromatic rings. The third-order valence-electron chi connectivity index (χ3n) is 3.43. The summed E-state index contributed by atoms with van der Waals surface area (Å²) in [7, 11) is 1.75. The number of urea groups is 1. The van der Waals surface area contributed by atoms with Crippen molar-refractivity contribution in [1.82, 2.24) is 20.3 Å². The van der Waals surface area contributed by atoms with Crippen LogP contribution in [0.1, 0.15) is 18.4 Å². The molecule has 118 valence electrons. The maximum Gasteiger partial charge on any atom is 0.317 e. The zero-order chi connectivity index (χ0) is 15.2. The molecule has 0 aliphatic carbocycles. The van der Waals surface area contributed by atoms with Gasteiger partial charge in [-0.3, -0.25) is 4.90 Å². The van der Waals surface area contributed by atoms with E-state index in [4.69, 9.17) is 9.26 Å². The highest BCUT2D eigenvalue weighted by molar-refractivity contribution is 5.74. The number of rotatable bonds is 5. The maximum atomic E-state index is 12.1. The van der Waals surface area contributed by atoms with Gasteiger partial charge in [0.15, 0.2) is 0 Å². The topological polar surface area (TPSA) is 70.8 Å². The summed E-state index contributed by atoms with van der Waals surface area (Å²) in [5.41, 5.74) is 0.756. The summed E-state index contributed by atoms with van der Waals surface area (Å²) < 4.78 is 10.3. The summed E-state index contributed by atoms with van der Waals surface area (Å²) in [6.45, 7) is 8.52. The Morgan fingerprint density at radius 3 is 2.86 bits per heavy atom. The van der Waals surface area contributed by atoms with Gasteiger partial charge in [-0.1, -0.05) is 5.16 Å². The predicted molar refractivity (Wildman–Crippen MR) is 78.0 cm³/mol. The van der Waals surface area contributed by atoms with Crippen molar-refractivity contribution in [3.05, 3.63) is 17.5 Å².